The van der Waals surface area contributed by atoms with Crippen molar-refractivity contribution in [2.75, 3.05) is 19.6 Å². The summed E-state index contributed by atoms with van der Waals surface area (Å²) in [5, 5.41) is 0. The van der Waals surface area contributed by atoms with Crippen molar-refractivity contribution >= 4 is 0 Å². The van der Waals surface area contributed by atoms with Crippen molar-refractivity contribution in [2.45, 2.75) is 50.9 Å². The first-order valence-electron chi connectivity index (χ1n) is 9.24. The van der Waals surface area contributed by atoms with Crippen LogP contribution in [0.5, 0.6) is 0 Å². The second-order valence-electron chi connectivity index (χ2n) is 7.88. The van der Waals surface area contributed by atoms with Gasteiger partial charge in [-0.05, 0) is 80.0 Å². The molecule has 1 saturated heterocycles. The van der Waals surface area contributed by atoms with Gasteiger partial charge in [-0.2, -0.15) is 0 Å². The third-order valence-electron chi connectivity index (χ3n) is 6.60. The maximum atomic E-state index is 2.74. The number of aryl methyl sites for hydroxylation is 1. The number of allylic oxidation sites excluding steroid dienone is 2. The Hall–Kier alpha value is -1.08. The molecule has 1 heterocycles. The molecule has 1 heteroatoms. The molecule has 0 amide bonds. The highest BCUT2D eigenvalue weighted by Gasteiger charge is 2.41. The van der Waals surface area contributed by atoms with E-state index in [1.54, 1.807) is 11.1 Å². The van der Waals surface area contributed by atoms with Crippen LogP contribution in [0.15, 0.2) is 36.4 Å². The fraction of sp³-hybridized carbons (Fsp3) is 0.619. The van der Waals surface area contributed by atoms with E-state index in [1.807, 2.05) is 0 Å². The van der Waals surface area contributed by atoms with Crippen LogP contribution in [0, 0.1) is 11.8 Å². The molecule has 2 atom stereocenters. The Morgan fingerprint density at radius 2 is 2.00 bits per heavy atom. The van der Waals surface area contributed by atoms with Crippen LogP contribution in [-0.2, 0) is 11.8 Å². The first-order chi connectivity index (χ1) is 10.8. The van der Waals surface area contributed by atoms with Crippen LogP contribution in [-0.4, -0.2) is 24.5 Å². The lowest BCUT2D eigenvalue weighted by atomic mass is 9.73. The van der Waals surface area contributed by atoms with E-state index in [-0.39, 0.29) is 0 Å². The van der Waals surface area contributed by atoms with Crippen molar-refractivity contribution in [3.8, 4) is 0 Å². The zero-order valence-corrected chi connectivity index (χ0v) is 13.9. The highest BCUT2D eigenvalue weighted by Crippen LogP contribution is 2.46. The van der Waals surface area contributed by atoms with Gasteiger partial charge in [0.2, 0.25) is 0 Å². The molecule has 1 fully saturated rings. The molecule has 0 bridgehead atoms. The van der Waals surface area contributed by atoms with Gasteiger partial charge in [-0.1, -0.05) is 43.3 Å². The van der Waals surface area contributed by atoms with Crippen molar-refractivity contribution in [2.24, 2.45) is 11.8 Å². The number of benzene rings is 1. The van der Waals surface area contributed by atoms with Crippen LogP contribution in [0.25, 0.3) is 0 Å². The molecule has 1 nitrogen and oxygen atoms in total. The van der Waals surface area contributed by atoms with E-state index in [0.717, 1.165) is 11.8 Å². The zero-order valence-electron chi connectivity index (χ0n) is 13.9. The smallest absolute Gasteiger partial charge is 0.00127 e. The number of hydrogen-bond donors (Lipinski definition) is 0. The van der Waals surface area contributed by atoms with Crippen LogP contribution >= 0.6 is 0 Å². The highest BCUT2D eigenvalue weighted by molar-refractivity contribution is 5.39. The zero-order chi connectivity index (χ0) is 15.0. The lowest BCUT2D eigenvalue weighted by molar-refractivity contribution is 0.133. The minimum absolute atomic E-state index is 0.517. The van der Waals surface area contributed by atoms with Crippen LogP contribution in [0.4, 0.5) is 0 Å². The first-order valence-corrected chi connectivity index (χ1v) is 9.24. The van der Waals surface area contributed by atoms with Crippen LogP contribution in [0.1, 0.15) is 50.2 Å². The molecule has 0 radical (unpaired) electrons. The number of nitrogens with zero attached hydrogens (tertiary/aromatic N) is 1. The van der Waals surface area contributed by atoms with Gasteiger partial charge in [-0.3, -0.25) is 0 Å². The molecule has 2 aliphatic carbocycles. The standard InChI is InChI=1S/C21H29N/c1-17(18-6-2-3-7-18)16-22-14-12-21(13-15-22)11-10-19-8-4-5-9-20(19)21/h2,4-6,8-9,17-18H,3,7,10-16H2,1H3/t17-,18+/m1/s1. The van der Waals surface area contributed by atoms with Gasteiger partial charge in [0, 0.05) is 6.54 Å². The van der Waals surface area contributed by atoms with Crippen molar-refractivity contribution in [3.05, 3.63) is 47.5 Å². The predicted octanol–water partition coefficient (Wildman–Crippen LogP) is 4.57. The lowest BCUT2D eigenvalue weighted by Gasteiger charge is -2.41. The molecule has 1 spiro atoms. The van der Waals surface area contributed by atoms with Gasteiger partial charge in [-0.25, -0.2) is 0 Å². The molecule has 1 aromatic carbocycles. The van der Waals surface area contributed by atoms with Gasteiger partial charge in [0.1, 0.15) is 0 Å². The lowest BCUT2D eigenvalue weighted by Crippen LogP contribution is -2.43. The quantitative estimate of drug-likeness (QED) is 0.738. The summed E-state index contributed by atoms with van der Waals surface area (Å²) in [6.45, 7) is 6.35. The van der Waals surface area contributed by atoms with Gasteiger partial charge < -0.3 is 4.90 Å². The maximum absolute atomic E-state index is 2.74. The van der Waals surface area contributed by atoms with Crippen LogP contribution in [0.2, 0.25) is 0 Å². The Morgan fingerprint density at radius 1 is 1.18 bits per heavy atom. The summed E-state index contributed by atoms with van der Waals surface area (Å²) < 4.78 is 0. The Morgan fingerprint density at radius 3 is 2.77 bits per heavy atom. The fourth-order valence-corrected chi connectivity index (χ4v) is 5.12. The molecule has 0 N–H and O–H groups in total. The first kappa shape index (κ1) is 14.5. The van der Waals surface area contributed by atoms with Crippen LogP contribution in [0.3, 0.4) is 0 Å². The van der Waals surface area contributed by atoms with Crippen molar-refractivity contribution in [3.63, 3.8) is 0 Å². The second-order valence-corrected chi connectivity index (χ2v) is 7.88. The van der Waals surface area contributed by atoms with E-state index >= 15 is 0 Å². The normalized spacial score (nSPS) is 28.1. The summed E-state index contributed by atoms with van der Waals surface area (Å²) in [4.78, 5) is 2.74. The average Bonchev–Trinajstić information content (AvgIpc) is 3.20. The highest BCUT2D eigenvalue weighted by atomic mass is 15.1. The monoisotopic (exact) mass is 295 g/mol. The molecule has 4 rings (SSSR count). The molecule has 0 unspecified atom stereocenters. The summed E-state index contributed by atoms with van der Waals surface area (Å²) >= 11 is 0. The molecule has 0 aromatic heterocycles. The van der Waals surface area contributed by atoms with E-state index in [4.69, 9.17) is 0 Å². The third kappa shape index (κ3) is 2.54. The summed E-state index contributed by atoms with van der Waals surface area (Å²) in [6, 6.07) is 9.21. The summed E-state index contributed by atoms with van der Waals surface area (Å²) in [6.07, 6.45) is 13.0. The van der Waals surface area contributed by atoms with E-state index in [0.29, 0.717) is 5.41 Å². The molecule has 3 aliphatic rings. The summed E-state index contributed by atoms with van der Waals surface area (Å²) in [5.74, 6) is 1.66. The third-order valence-corrected chi connectivity index (χ3v) is 6.60. The predicted molar refractivity (Wildman–Crippen MR) is 93.1 cm³/mol. The van der Waals surface area contributed by atoms with E-state index < -0.39 is 0 Å². The van der Waals surface area contributed by atoms with Gasteiger partial charge in [0.05, 0.1) is 0 Å². The summed E-state index contributed by atoms with van der Waals surface area (Å²) in [5.41, 5.74) is 3.82. The Bertz CT molecular complexity index is 551. The minimum Gasteiger partial charge on any atom is -0.303 e. The second kappa shape index (κ2) is 5.85. The Balaban J connectivity index is 1.38. The molecule has 1 aromatic rings. The topological polar surface area (TPSA) is 3.24 Å². The van der Waals surface area contributed by atoms with Crippen LogP contribution < -0.4 is 0 Å². The van der Waals surface area contributed by atoms with Gasteiger partial charge in [-0.15, -0.1) is 0 Å². The van der Waals surface area contributed by atoms with E-state index in [9.17, 15) is 0 Å². The Kier molecular flexibility index (Phi) is 3.86. The number of fused-ring (bicyclic) bond motifs is 2. The minimum atomic E-state index is 0.517. The maximum Gasteiger partial charge on any atom is 0.00127 e. The Labute approximate surface area is 135 Å². The van der Waals surface area contributed by atoms with Gasteiger partial charge in [0.15, 0.2) is 0 Å². The summed E-state index contributed by atoms with van der Waals surface area (Å²) in [7, 11) is 0. The molecular weight excluding hydrogens is 266 g/mol. The average molecular weight is 295 g/mol. The van der Waals surface area contributed by atoms with E-state index in [1.165, 1.54) is 58.2 Å². The van der Waals surface area contributed by atoms with Gasteiger partial charge >= 0.3 is 0 Å². The number of hydrogen-bond acceptors (Lipinski definition) is 1. The van der Waals surface area contributed by atoms with Crippen molar-refractivity contribution in [1.82, 2.24) is 4.90 Å². The largest absolute Gasteiger partial charge is 0.303 e. The van der Waals surface area contributed by atoms with Gasteiger partial charge in [0.25, 0.3) is 0 Å². The molecular formula is C21H29N. The number of rotatable bonds is 3. The number of piperidine rings is 1. The van der Waals surface area contributed by atoms with Crippen molar-refractivity contribution < 1.29 is 0 Å². The fourth-order valence-electron chi connectivity index (χ4n) is 5.12. The molecule has 118 valence electrons. The van der Waals surface area contributed by atoms with E-state index in [2.05, 4.69) is 48.2 Å². The number of likely N-dealkylation sites (tertiary alicyclic amines) is 1. The molecule has 0 saturated carbocycles. The van der Waals surface area contributed by atoms with Crippen molar-refractivity contribution in [1.29, 1.82) is 0 Å². The SMILES string of the molecule is C[C@H](CN1CCC2(CCc3ccccc32)CC1)[C@H]1C=CCC1. The molecule has 22 heavy (non-hydrogen) atoms. The molecule has 1 aliphatic heterocycles.